The van der Waals surface area contributed by atoms with Crippen LogP contribution in [-0.4, -0.2) is 48.2 Å². The number of fused-ring (bicyclic) bond motifs is 1. The lowest BCUT2D eigenvalue weighted by molar-refractivity contribution is -0.127. The molecule has 2 aliphatic rings. The number of rotatable bonds is 5. The molecule has 2 heterocycles. The van der Waals surface area contributed by atoms with Crippen LogP contribution in [0.25, 0.3) is 6.08 Å². The minimum Gasteiger partial charge on any atom is -0.496 e. The number of hydrogen-bond acceptors (Lipinski definition) is 6. The lowest BCUT2D eigenvalue weighted by atomic mass is 9.80. The standard InChI is InChI=1S/C27H31N3O4S/c1-16-8-7-9-19(10-16)28-24(31)15-30-25(32)23(35-26(30)33)12-18-11-20-17(2)14-27(3,4)29(5)21(20)13-22(18)34-6/h7-13,17H,14-15H2,1-6H3,(H,28,31)/b23-12+. The number of aryl methyl sites for hydroxylation is 1. The van der Waals surface area contributed by atoms with Gasteiger partial charge in [-0.05, 0) is 80.3 Å². The van der Waals surface area contributed by atoms with Crippen LogP contribution in [0.15, 0.2) is 41.3 Å². The van der Waals surface area contributed by atoms with Gasteiger partial charge in [0.25, 0.3) is 11.1 Å². The van der Waals surface area contributed by atoms with E-state index >= 15 is 0 Å². The fourth-order valence-corrected chi connectivity index (χ4v) is 5.57. The van der Waals surface area contributed by atoms with E-state index in [9.17, 15) is 14.4 Å². The largest absolute Gasteiger partial charge is 0.496 e. The van der Waals surface area contributed by atoms with E-state index < -0.39 is 17.1 Å². The Bertz CT molecular complexity index is 1240. The molecule has 2 aromatic carbocycles. The number of nitrogens with one attached hydrogen (secondary N) is 1. The molecule has 2 aromatic rings. The zero-order valence-corrected chi connectivity index (χ0v) is 21.8. The van der Waals surface area contributed by atoms with Gasteiger partial charge in [-0.1, -0.05) is 19.1 Å². The zero-order chi connectivity index (χ0) is 25.5. The second kappa shape index (κ2) is 9.41. The molecule has 1 fully saturated rings. The summed E-state index contributed by atoms with van der Waals surface area (Å²) < 4.78 is 5.65. The minimum atomic E-state index is -0.481. The van der Waals surface area contributed by atoms with Crippen molar-refractivity contribution in [1.82, 2.24) is 4.90 Å². The van der Waals surface area contributed by atoms with E-state index in [0.717, 1.165) is 39.9 Å². The second-order valence-electron chi connectivity index (χ2n) is 9.82. The maximum Gasteiger partial charge on any atom is 0.294 e. The quantitative estimate of drug-likeness (QED) is 0.562. The summed E-state index contributed by atoms with van der Waals surface area (Å²) in [5, 5.41) is 2.28. The highest BCUT2D eigenvalue weighted by Crippen LogP contribution is 2.45. The van der Waals surface area contributed by atoms with Crippen molar-refractivity contribution in [3.8, 4) is 5.75 Å². The molecule has 4 rings (SSSR count). The number of hydrogen-bond donors (Lipinski definition) is 1. The van der Waals surface area contributed by atoms with Crippen LogP contribution in [-0.2, 0) is 9.59 Å². The van der Waals surface area contributed by atoms with Crippen molar-refractivity contribution in [3.05, 3.63) is 58.0 Å². The van der Waals surface area contributed by atoms with E-state index in [1.165, 1.54) is 5.56 Å². The molecule has 0 spiro atoms. The summed E-state index contributed by atoms with van der Waals surface area (Å²) >= 11 is 0.838. The van der Waals surface area contributed by atoms with Crippen LogP contribution < -0.4 is 15.0 Å². The Labute approximate surface area is 210 Å². The predicted molar refractivity (Wildman–Crippen MR) is 141 cm³/mol. The molecule has 1 N–H and O–H groups in total. The zero-order valence-electron chi connectivity index (χ0n) is 21.0. The number of thioether (sulfide) groups is 1. The highest BCUT2D eigenvalue weighted by molar-refractivity contribution is 8.18. The number of ether oxygens (including phenoxy) is 1. The van der Waals surface area contributed by atoms with Crippen molar-refractivity contribution < 1.29 is 19.1 Å². The number of nitrogens with zero attached hydrogens (tertiary/aromatic N) is 2. The van der Waals surface area contributed by atoms with E-state index in [-0.39, 0.29) is 17.0 Å². The molecule has 2 aliphatic heterocycles. The third-order valence-corrected chi connectivity index (χ3v) is 7.66. The van der Waals surface area contributed by atoms with Crippen molar-refractivity contribution in [2.24, 2.45) is 0 Å². The summed E-state index contributed by atoms with van der Waals surface area (Å²) in [6, 6.07) is 11.4. The van der Waals surface area contributed by atoms with Gasteiger partial charge in [0.2, 0.25) is 5.91 Å². The lowest BCUT2D eigenvalue weighted by Crippen LogP contribution is -2.45. The number of anilines is 2. The highest BCUT2D eigenvalue weighted by atomic mass is 32.2. The van der Waals surface area contributed by atoms with Crippen molar-refractivity contribution in [2.75, 3.05) is 30.9 Å². The fourth-order valence-electron chi connectivity index (χ4n) is 4.74. The fraction of sp³-hybridized carbons (Fsp3) is 0.370. The van der Waals surface area contributed by atoms with Gasteiger partial charge < -0.3 is 15.0 Å². The first-order valence-corrected chi connectivity index (χ1v) is 12.4. The Morgan fingerprint density at radius 2 is 2.00 bits per heavy atom. The van der Waals surface area contributed by atoms with E-state index in [4.69, 9.17) is 4.74 Å². The van der Waals surface area contributed by atoms with Crippen LogP contribution in [0.3, 0.4) is 0 Å². The number of amides is 3. The Kier molecular flexibility index (Phi) is 6.68. The molecular formula is C27H31N3O4S. The van der Waals surface area contributed by atoms with Crippen LogP contribution in [0.5, 0.6) is 5.75 Å². The normalized spacial score (nSPS) is 20.3. The monoisotopic (exact) mass is 493 g/mol. The van der Waals surface area contributed by atoms with Gasteiger partial charge in [-0.15, -0.1) is 0 Å². The first kappa shape index (κ1) is 24.9. The van der Waals surface area contributed by atoms with Gasteiger partial charge in [-0.3, -0.25) is 19.3 Å². The minimum absolute atomic E-state index is 0.0145. The predicted octanol–water partition coefficient (Wildman–Crippen LogP) is 5.40. The maximum absolute atomic E-state index is 13.0. The van der Waals surface area contributed by atoms with Gasteiger partial charge in [0.15, 0.2) is 0 Å². The van der Waals surface area contributed by atoms with Crippen molar-refractivity contribution in [1.29, 1.82) is 0 Å². The first-order valence-electron chi connectivity index (χ1n) is 11.6. The third kappa shape index (κ3) is 4.93. The summed E-state index contributed by atoms with van der Waals surface area (Å²) in [5.41, 5.74) is 4.65. The van der Waals surface area contributed by atoms with E-state index in [0.29, 0.717) is 17.4 Å². The average molecular weight is 494 g/mol. The molecule has 8 heteroatoms. The summed E-state index contributed by atoms with van der Waals surface area (Å²) in [5.74, 6) is 0.0505. The molecule has 35 heavy (non-hydrogen) atoms. The Balaban J connectivity index is 1.57. The van der Waals surface area contributed by atoms with Gasteiger partial charge in [-0.2, -0.15) is 0 Å². The molecule has 0 aliphatic carbocycles. The highest BCUT2D eigenvalue weighted by Gasteiger charge is 2.38. The Morgan fingerprint density at radius 1 is 1.26 bits per heavy atom. The molecule has 0 aromatic heterocycles. The summed E-state index contributed by atoms with van der Waals surface area (Å²) in [7, 11) is 3.68. The molecule has 3 amide bonds. The molecule has 1 atom stereocenters. The summed E-state index contributed by atoms with van der Waals surface area (Å²) in [4.78, 5) is 41.6. The van der Waals surface area contributed by atoms with Crippen LogP contribution in [0.2, 0.25) is 0 Å². The molecular weight excluding hydrogens is 462 g/mol. The number of methoxy groups -OCH3 is 1. The van der Waals surface area contributed by atoms with Crippen LogP contribution in [0.1, 0.15) is 49.8 Å². The van der Waals surface area contributed by atoms with Crippen molar-refractivity contribution >= 4 is 46.3 Å². The average Bonchev–Trinajstić information content (AvgIpc) is 3.04. The Morgan fingerprint density at radius 3 is 2.69 bits per heavy atom. The Hall–Kier alpha value is -3.26. The number of carbonyl (C=O) groups excluding carboxylic acids is 3. The van der Waals surface area contributed by atoms with Gasteiger partial charge in [0, 0.05) is 35.6 Å². The van der Waals surface area contributed by atoms with E-state index in [2.05, 4.69) is 38.0 Å². The summed E-state index contributed by atoms with van der Waals surface area (Å²) in [6.45, 7) is 8.22. The van der Waals surface area contributed by atoms with Gasteiger partial charge in [0.05, 0.1) is 12.0 Å². The van der Waals surface area contributed by atoms with Gasteiger partial charge in [-0.25, -0.2) is 0 Å². The van der Waals surface area contributed by atoms with Crippen LogP contribution >= 0.6 is 11.8 Å². The number of carbonyl (C=O) groups is 3. The van der Waals surface area contributed by atoms with Crippen molar-refractivity contribution in [2.45, 2.75) is 45.6 Å². The van der Waals surface area contributed by atoms with E-state index in [1.54, 1.807) is 19.3 Å². The molecule has 0 saturated carbocycles. The van der Waals surface area contributed by atoms with Crippen molar-refractivity contribution in [3.63, 3.8) is 0 Å². The van der Waals surface area contributed by atoms with Crippen LogP contribution in [0.4, 0.5) is 16.2 Å². The topological polar surface area (TPSA) is 79.0 Å². The SMILES string of the molecule is COc1cc2c(cc1/C=C1/SC(=O)N(CC(=O)Nc3cccc(C)c3)C1=O)C(C)CC(C)(C)N2C. The maximum atomic E-state index is 13.0. The smallest absolute Gasteiger partial charge is 0.294 e. The van der Waals surface area contributed by atoms with Gasteiger partial charge in [0.1, 0.15) is 12.3 Å². The lowest BCUT2D eigenvalue weighted by Gasteiger charge is -2.45. The molecule has 0 radical (unpaired) electrons. The van der Waals surface area contributed by atoms with Crippen LogP contribution in [0, 0.1) is 6.92 Å². The van der Waals surface area contributed by atoms with Gasteiger partial charge >= 0.3 is 0 Å². The molecule has 7 nitrogen and oxygen atoms in total. The molecule has 184 valence electrons. The first-order chi connectivity index (χ1) is 16.5. The number of imide groups is 1. The van der Waals surface area contributed by atoms with E-state index in [1.807, 2.05) is 37.3 Å². The molecule has 1 saturated heterocycles. The molecule has 0 bridgehead atoms. The second-order valence-corrected chi connectivity index (χ2v) is 10.8. The molecule has 1 unspecified atom stereocenters. The number of benzene rings is 2. The third-order valence-electron chi connectivity index (χ3n) is 6.75. The summed E-state index contributed by atoms with van der Waals surface area (Å²) in [6.07, 6.45) is 2.68.